The Morgan fingerprint density at radius 1 is 1.06 bits per heavy atom. The van der Waals surface area contributed by atoms with Crippen LogP contribution in [-0.4, -0.2) is 28.9 Å². The fourth-order valence-corrected chi connectivity index (χ4v) is 4.63. The zero-order chi connectivity index (χ0) is 24.7. The van der Waals surface area contributed by atoms with E-state index in [1.807, 2.05) is 5.10 Å². The quantitative estimate of drug-likeness (QED) is 0.446. The molecule has 0 unspecified atom stereocenters. The van der Waals surface area contributed by atoms with Crippen LogP contribution in [-0.2, 0) is 22.0 Å². The van der Waals surface area contributed by atoms with Crippen LogP contribution in [0.4, 0.5) is 13.2 Å². The van der Waals surface area contributed by atoms with Gasteiger partial charge in [-0.25, -0.2) is 18.1 Å². The van der Waals surface area contributed by atoms with Crippen molar-refractivity contribution in [3.05, 3.63) is 93.5 Å². The first-order valence-corrected chi connectivity index (χ1v) is 11.5. The van der Waals surface area contributed by atoms with Crippen LogP contribution in [0.25, 0.3) is 16.8 Å². The van der Waals surface area contributed by atoms with Crippen molar-refractivity contribution in [3.8, 4) is 11.1 Å². The minimum atomic E-state index is -4.86. The van der Waals surface area contributed by atoms with Crippen LogP contribution in [0.3, 0.4) is 0 Å². The molecule has 0 aliphatic heterocycles. The van der Waals surface area contributed by atoms with Gasteiger partial charge in [-0.05, 0) is 18.1 Å². The minimum Gasteiger partial charge on any atom is -0.284 e. The monoisotopic (exact) mass is 490 g/mol. The number of hydrogen-bond acceptors (Lipinski definition) is 5. The lowest BCUT2D eigenvalue weighted by Gasteiger charge is -2.09. The molecule has 2 heterocycles. The molecule has 0 saturated carbocycles. The molecule has 176 valence electrons. The van der Waals surface area contributed by atoms with E-state index in [-0.39, 0.29) is 22.5 Å². The van der Waals surface area contributed by atoms with Crippen molar-refractivity contribution in [1.82, 2.24) is 19.3 Å². The van der Waals surface area contributed by atoms with E-state index >= 15 is 0 Å². The summed E-state index contributed by atoms with van der Waals surface area (Å²) in [6.07, 6.45) is -4.86. The number of nitrogens with zero attached hydrogens (tertiary/aromatic N) is 2. The summed E-state index contributed by atoms with van der Waals surface area (Å²) in [6, 6.07) is 15.5. The molecule has 34 heavy (non-hydrogen) atoms. The lowest BCUT2D eigenvalue weighted by atomic mass is 10.1. The van der Waals surface area contributed by atoms with Crippen LogP contribution in [0.15, 0.2) is 65.5 Å². The lowest BCUT2D eigenvalue weighted by molar-refractivity contribution is -0.140. The van der Waals surface area contributed by atoms with Gasteiger partial charge in [0.2, 0.25) is 10.0 Å². The average molecular weight is 490 g/mol. The first-order valence-electron chi connectivity index (χ1n) is 9.84. The van der Waals surface area contributed by atoms with Gasteiger partial charge in [0.15, 0.2) is 5.65 Å². The van der Waals surface area contributed by atoms with Crippen molar-refractivity contribution >= 4 is 21.6 Å². The smallest absolute Gasteiger partial charge is 0.284 e. The second-order valence-corrected chi connectivity index (χ2v) is 9.16. The molecule has 4 rings (SSSR count). The number of sulfonamides is 1. The Bertz CT molecular complexity index is 1540. The van der Waals surface area contributed by atoms with E-state index in [0.29, 0.717) is 10.1 Å². The van der Waals surface area contributed by atoms with Crippen molar-refractivity contribution < 1.29 is 26.4 Å². The normalized spacial score (nSPS) is 12.1. The van der Waals surface area contributed by atoms with Gasteiger partial charge in [0.1, 0.15) is 11.3 Å². The number of benzene rings is 2. The third kappa shape index (κ3) is 4.44. The summed E-state index contributed by atoms with van der Waals surface area (Å²) >= 11 is 0. The van der Waals surface area contributed by atoms with Gasteiger partial charge in [-0.1, -0.05) is 60.7 Å². The van der Waals surface area contributed by atoms with E-state index in [1.165, 1.54) is 31.2 Å². The molecule has 0 aliphatic rings. The van der Waals surface area contributed by atoms with Gasteiger partial charge in [0.05, 0.1) is 17.0 Å². The van der Waals surface area contributed by atoms with Crippen LogP contribution >= 0.6 is 0 Å². The van der Waals surface area contributed by atoms with E-state index in [2.05, 4.69) is 4.98 Å². The molecule has 0 atom stereocenters. The van der Waals surface area contributed by atoms with Crippen molar-refractivity contribution in [3.63, 3.8) is 0 Å². The summed E-state index contributed by atoms with van der Waals surface area (Å²) in [4.78, 5) is 29.8. The summed E-state index contributed by atoms with van der Waals surface area (Å²) in [6.45, 7) is 1.25. The van der Waals surface area contributed by atoms with E-state index in [9.17, 15) is 31.2 Å². The number of nitrogens with one attached hydrogen (secondary N) is 2. The molecule has 0 saturated heterocycles. The molecule has 1 amide bonds. The summed E-state index contributed by atoms with van der Waals surface area (Å²) in [5.74, 6) is -1.82. The second-order valence-electron chi connectivity index (χ2n) is 7.44. The predicted molar refractivity (Wildman–Crippen MR) is 118 cm³/mol. The first kappa shape index (κ1) is 23.2. The van der Waals surface area contributed by atoms with Gasteiger partial charge in [0.25, 0.3) is 11.5 Å². The molecule has 2 N–H and O–H groups in total. The third-order valence-corrected chi connectivity index (χ3v) is 6.19. The number of H-pyrrole nitrogens is 1. The highest BCUT2D eigenvalue weighted by molar-refractivity contribution is 7.89. The zero-order valence-electron chi connectivity index (χ0n) is 17.6. The Kier molecular flexibility index (Phi) is 5.77. The van der Waals surface area contributed by atoms with Crippen molar-refractivity contribution in [2.24, 2.45) is 0 Å². The molecule has 0 radical (unpaired) electrons. The van der Waals surface area contributed by atoms with Crippen molar-refractivity contribution in [2.45, 2.75) is 18.9 Å². The molecule has 2 aromatic carbocycles. The van der Waals surface area contributed by atoms with Crippen LogP contribution < -0.4 is 10.3 Å². The number of carbonyl (C=O) groups excluding carboxylic acids is 1. The molecule has 8 nitrogen and oxygen atoms in total. The van der Waals surface area contributed by atoms with Crippen molar-refractivity contribution in [1.29, 1.82) is 0 Å². The zero-order valence-corrected chi connectivity index (χ0v) is 18.4. The minimum absolute atomic E-state index is 0.155. The highest BCUT2D eigenvalue weighted by Gasteiger charge is 2.38. The number of hydrogen-bond donors (Lipinski definition) is 2. The van der Waals surface area contributed by atoms with Crippen LogP contribution in [0, 0.1) is 6.92 Å². The second kappa shape index (κ2) is 8.45. The number of aromatic amines is 1. The van der Waals surface area contributed by atoms with Crippen molar-refractivity contribution in [2.75, 3.05) is 0 Å². The molecule has 0 fully saturated rings. The molecule has 2 aromatic heterocycles. The third-order valence-electron chi connectivity index (χ3n) is 4.98. The fourth-order valence-electron chi connectivity index (χ4n) is 3.55. The largest absolute Gasteiger partial charge is 0.433 e. The number of aromatic nitrogens is 3. The van der Waals surface area contributed by atoms with Gasteiger partial charge >= 0.3 is 6.18 Å². The Labute approximate surface area is 191 Å². The Morgan fingerprint density at radius 3 is 2.24 bits per heavy atom. The molecule has 12 heteroatoms. The summed E-state index contributed by atoms with van der Waals surface area (Å²) in [5, 5.41) is 1.98. The number of aryl methyl sites for hydroxylation is 1. The predicted octanol–water partition coefficient (Wildman–Crippen LogP) is 3.28. The highest BCUT2D eigenvalue weighted by Crippen LogP contribution is 2.38. The molecular formula is C22H17F3N4O4S. The topological polar surface area (TPSA) is 113 Å². The number of alkyl halides is 3. The summed E-state index contributed by atoms with van der Waals surface area (Å²) in [7, 11) is -4.20. The SMILES string of the molecule is Cc1nc2c(-c3ccccc3)c(C(F)(F)F)[nH]n2c(=O)c1C(=O)NS(=O)(=O)Cc1ccccc1. The van der Waals surface area contributed by atoms with E-state index in [1.54, 1.807) is 41.1 Å². The Hall–Kier alpha value is -3.93. The average Bonchev–Trinajstić information content (AvgIpc) is 3.14. The standard InChI is InChI=1S/C22H17F3N4O4S/c1-13-16(20(30)28-34(32,33)12-14-8-4-2-5-9-14)21(31)29-19(26-13)17(15-10-6-3-7-11-15)18(27-29)22(23,24)25/h2-11,27H,12H2,1H3,(H,28,30). The maximum atomic E-state index is 13.8. The number of amides is 1. The van der Waals surface area contributed by atoms with Gasteiger partial charge in [-0.15, -0.1) is 0 Å². The van der Waals surface area contributed by atoms with E-state index in [0.717, 1.165) is 0 Å². The Balaban J connectivity index is 1.81. The maximum Gasteiger partial charge on any atom is 0.433 e. The van der Waals surface area contributed by atoms with Gasteiger partial charge in [-0.3, -0.25) is 14.7 Å². The van der Waals surface area contributed by atoms with Gasteiger partial charge < -0.3 is 0 Å². The molecule has 0 bridgehead atoms. The summed E-state index contributed by atoms with van der Waals surface area (Å²) < 4.78 is 68.4. The van der Waals surface area contributed by atoms with Crippen LogP contribution in [0.1, 0.15) is 27.3 Å². The summed E-state index contributed by atoms with van der Waals surface area (Å²) in [5.41, 5.74) is -3.45. The first-order chi connectivity index (χ1) is 16.0. The number of rotatable bonds is 5. The molecule has 4 aromatic rings. The number of fused-ring (bicyclic) bond motifs is 1. The van der Waals surface area contributed by atoms with E-state index in [4.69, 9.17) is 0 Å². The Morgan fingerprint density at radius 2 is 1.65 bits per heavy atom. The molecule has 0 aliphatic carbocycles. The van der Waals surface area contributed by atoms with Crippen LogP contribution in [0.5, 0.6) is 0 Å². The molecule has 0 spiro atoms. The van der Waals surface area contributed by atoms with Crippen LogP contribution in [0.2, 0.25) is 0 Å². The molecular weight excluding hydrogens is 473 g/mol. The van der Waals surface area contributed by atoms with E-state index < -0.39 is 44.7 Å². The van der Waals surface area contributed by atoms with Gasteiger partial charge in [-0.2, -0.15) is 17.7 Å². The fraction of sp³-hybridized carbons (Fsp3) is 0.136. The highest BCUT2D eigenvalue weighted by atomic mass is 32.2. The van der Waals surface area contributed by atoms with Gasteiger partial charge in [0, 0.05) is 0 Å². The number of carbonyl (C=O) groups is 1. The maximum absolute atomic E-state index is 13.8. The number of halogens is 3. The lowest BCUT2D eigenvalue weighted by Crippen LogP contribution is -2.37.